The van der Waals surface area contributed by atoms with Gasteiger partial charge in [0.15, 0.2) is 18.1 Å². The van der Waals surface area contributed by atoms with Crippen molar-refractivity contribution in [2.45, 2.75) is 13.8 Å². The van der Waals surface area contributed by atoms with Crippen LogP contribution < -0.4 is 14.9 Å². The van der Waals surface area contributed by atoms with E-state index in [0.717, 1.165) is 11.1 Å². The molecule has 2 rings (SSSR count). The van der Waals surface area contributed by atoms with E-state index in [0.29, 0.717) is 18.1 Å². The predicted octanol–water partition coefficient (Wildman–Crippen LogP) is 3.67. The first kappa shape index (κ1) is 18.3. The Balaban J connectivity index is 1.82. The van der Waals surface area contributed by atoms with Crippen molar-refractivity contribution < 1.29 is 14.3 Å². The lowest BCUT2D eigenvalue weighted by molar-refractivity contribution is -0.123. The molecular weight excluding hydrogens is 316 g/mol. The highest BCUT2D eigenvalue weighted by atomic mass is 16.5. The molecule has 2 aromatic carbocycles. The number of allylic oxidation sites excluding steroid dienone is 1. The van der Waals surface area contributed by atoms with E-state index < -0.39 is 0 Å². The summed E-state index contributed by atoms with van der Waals surface area (Å²) < 4.78 is 10.9. The first-order chi connectivity index (χ1) is 12.2. The van der Waals surface area contributed by atoms with Crippen molar-refractivity contribution in [2.24, 2.45) is 5.10 Å². The number of rotatable bonds is 8. The fraction of sp³-hybridized carbons (Fsp3) is 0.200. The van der Waals surface area contributed by atoms with Crippen LogP contribution in [0.1, 0.15) is 19.4 Å². The second-order valence-corrected chi connectivity index (χ2v) is 5.26. The quantitative estimate of drug-likeness (QED) is 0.590. The average Bonchev–Trinajstić information content (AvgIpc) is 2.62. The number of nitrogens with one attached hydrogen (secondary N) is 1. The van der Waals surface area contributed by atoms with Gasteiger partial charge in [-0.15, -0.1) is 0 Å². The predicted molar refractivity (Wildman–Crippen MR) is 99.8 cm³/mol. The number of ether oxygens (including phenoxy) is 2. The van der Waals surface area contributed by atoms with Crippen molar-refractivity contribution >= 4 is 18.2 Å². The van der Waals surface area contributed by atoms with E-state index in [1.165, 1.54) is 0 Å². The number of nitrogens with zero attached hydrogens (tertiary/aromatic N) is 1. The lowest BCUT2D eigenvalue weighted by atomic mass is 10.1. The molecule has 0 aliphatic rings. The van der Waals surface area contributed by atoms with Crippen LogP contribution in [0.4, 0.5) is 0 Å². The maximum atomic E-state index is 11.8. The number of hydrogen-bond acceptors (Lipinski definition) is 4. The van der Waals surface area contributed by atoms with Gasteiger partial charge in [-0.25, -0.2) is 5.43 Å². The van der Waals surface area contributed by atoms with Crippen LogP contribution in [0.25, 0.3) is 6.08 Å². The molecule has 0 aliphatic carbocycles. The topological polar surface area (TPSA) is 59.9 Å². The van der Waals surface area contributed by atoms with Crippen molar-refractivity contribution in [3.8, 4) is 11.5 Å². The van der Waals surface area contributed by atoms with Crippen LogP contribution in [0, 0.1) is 0 Å². The van der Waals surface area contributed by atoms with Crippen molar-refractivity contribution in [2.75, 3.05) is 13.2 Å². The Hall–Kier alpha value is -3.08. The van der Waals surface area contributed by atoms with Crippen LogP contribution in [0.2, 0.25) is 0 Å². The standard InChI is InChI=1S/C20H22N2O3/c1-3-24-18-11-7-8-12-19(18)25-15-20(23)22-21-14-16(2)13-17-9-5-4-6-10-17/h4-14H,3,15H2,1-2H3,(H,22,23)/b16-13+,21-14-. The molecule has 130 valence electrons. The molecule has 25 heavy (non-hydrogen) atoms. The molecule has 0 aromatic heterocycles. The van der Waals surface area contributed by atoms with Gasteiger partial charge in [-0.1, -0.05) is 48.5 Å². The van der Waals surface area contributed by atoms with Crippen LogP contribution in [0.3, 0.4) is 0 Å². The van der Waals surface area contributed by atoms with E-state index in [4.69, 9.17) is 9.47 Å². The third-order valence-electron chi connectivity index (χ3n) is 3.16. The molecule has 0 bridgehead atoms. The molecule has 0 heterocycles. The SMILES string of the molecule is CCOc1ccccc1OCC(=O)N/N=C\C(C)=C\c1ccccc1. The molecular formula is C20H22N2O3. The van der Waals surface area contributed by atoms with Crippen molar-refractivity contribution in [3.63, 3.8) is 0 Å². The zero-order valence-corrected chi connectivity index (χ0v) is 14.4. The Kier molecular flexibility index (Phi) is 7.25. The Morgan fingerprint density at radius 3 is 2.36 bits per heavy atom. The molecule has 0 spiro atoms. The van der Waals surface area contributed by atoms with E-state index in [1.54, 1.807) is 18.3 Å². The number of hydrogen-bond donors (Lipinski definition) is 1. The number of carbonyl (C=O) groups is 1. The fourth-order valence-electron chi connectivity index (χ4n) is 2.08. The monoisotopic (exact) mass is 338 g/mol. The summed E-state index contributed by atoms with van der Waals surface area (Å²) in [5.41, 5.74) is 4.45. The van der Waals surface area contributed by atoms with Gasteiger partial charge >= 0.3 is 0 Å². The summed E-state index contributed by atoms with van der Waals surface area (Å²) in [5.74, 6) is 0.807. The van der Waals surface area contributed by atoms with Crippen molar-refractivity contribution in [1.29, 1.82) is 0 Å². The summed E-state index contributed by atoms with van der Waals surface area (Å²) in [6, 6.07) is 17.1. The highest BCUT2D eigenvalue weighted by Gasteiger charge is 2.06. The molecule has 0 saturated heterocycles. The Morgan fingerprint density at radius 2 is 1.68 bits per heavy atom. The van der Waals surface area contributed by atoms with Crippen LogP contribution in [-0.4, -0.2) is 25.3 Å². The molecule has 0 radical (unpaired) electrons. The average molecular weight is 338 g/mol. The molecule has 0 atom stereocenters. The van der Waals surface area contributed by atoms with E-state index in [-0.39, 0.29) is 12.5 Å². The molecule has 2 aromatic rings. The van der Waals surface area contributed by atoms with Gasteiger partial charge in [0.2, 0.25) is 0 Å². The Labute approximate surface area is 148 Å². The van der Waals surface area contributed by atoms with Gasteiger partial charge in [-0.2, -0.15) is 5.10 Å². The molecule has 5 nitrogen and oxygen atoms in total. The van der Waals surface area contributed by atoms with E-state index >= 15 is 0 Å². The molecule has 5 heteroatoms. The van der Waals surface area contributed by atoms with Gasteiger partial charge < -0.3 is 9.47 Å². The van der Waals surface area contributed by atoms with Crippen molar-refractivity contribution in [1.82, 2.24) is 5.43 Å². The van der Waals surface area contributed by atoms with Crippen LogP contribution in [-0.2, 0) is 4.79 Å². The summed E-state index contributed by atoms with van der Waals surface area (Å²) in [5, 5.41) is 3.93. The van der Waals surface area contributed by atoms with Crippen LogP contribution in [0.15, 0.2) is 65.3 Å². The number of hydrazone groups is 1. The number of para-hydroxylation sites is 2. The zero-order chi connectivity index (χ0) is 17.9. The maximum Gasteiger partial charge on any atom is 0.277 e. The zero-order valence-electron chi connectivity index (χ0n) is 14.4. The number of benzene rings is 2. The molecule has 1 amide bonds. The highest BCUT2D eigenvalue weighted by Crippen LogP contribution is 2.26. The number of carbonyl (C=O) groups excluding carboxylic acids is 1. The van der Waals surface area contributed by atoms with Gasteiger partial charge in [-0.3, -0.25) is 4.79 Å². The molecule has 0 unspecified atom stereocenters. The molecule has 0 aliphatic heterocycles. The minimum Gasteiger partial charge on any atom is -0.490 e. The summed E-state index contributed by atoms with van der Waals surface area (Å²) in [7, 11) is 0. The molecule has 0 saturated carbocycles. The van der Waals surface area contributed by atoms with Gasteiger partial charge in [0.25, 0.3) is 5.91 Å². The smallest absolute Gasteiger partial charge is 0.277 e. The number of amides is 1. The van der Waals surface area contributed by atoms with Crippen LogP contribution >= 0.6 is 0 Å². The van der Waals surface area contributed by atoms with E-state index in [1.807, 2.05) is 62.4 Å². The molecule has 0 fully saturated rings. The second kappa shape index (κ2) is 9.93. The summed E-state index contributed by atoms with van der Waals surface area (Å²) >= 11 is 0. The minimum atomic E-state index is -0.338. The first-order valence-corrected chi connectivity index (χ1v) is 8.09. The maximum absolute atomic E-state index is 11.8. The van der Waals surface area contributed by atoms with Gasteiger partial charge in [0.05, 0.1) is 12.8 Å². The largest absolute Gasteiger partial charge is 0.490 e. The van der Waals surface area contributed by atoms with E-state index in [2.05, 4.69) is 10.5 Å². The van der Waals surface area contributed by atoms with Gasteiger partial charge in [0.1, 0.15) is 0 Å². The first-order valence-electron chi connectivity index (χ1n) is 8.09. The lowest BCUT2D eigenvalue weighted by Crippen LogP contribution is -2.24. The third-order valence-corrected chi connectivity index (χ3v) is 3.16. The van der Waals surface area contributed by atoms with Crippen LogP contribution in [0.5, 0.6) is 11.5 Å². The lowest BCUT2D eigenvalue weighted by Gasteiger charge is -2.10. The van der Waals surface area contributed by atoms with Gasteiger partial charge in [0, 0.05) is 0 Å². The highest BCUT2D eigenvalue weighted by molar-refractivity contribution is 5.86. The van der Waals surface area contributed by atoms with E-state index in [9.17, 15) is 4.79 Å². The second-order valence-electron chi connectivity index (χ2n) is 5.26. The fourth-order valence-corrected chi connectivity index (χ4v) is 2.08. The van der Waals surface area contributed by atoms with Gasteiger partial charge in [-0.05, 0) is 37.1 Å². The summed E-state index contributed by atoms with van der Waals surface area (Å²) in [6.07, 6.45) is 3.57. The normalized spacial score (nSPS) is 11.4. The Morgan fingerprint density at radius 1 is 1.04 bits per heavy atom. The third kappa shape index (κ3) is 6.51. The van der Waals surface area contributed by atoms with Crippen molar-refractivity contribution in [3.05, 3.63) is 65.7 Å². The molecule has 1 N–H and O–H groups in total. The minimum absolute atomic E-state index is 0.136. The Bertz CT molecular complexity index is 740. The summed E-state index contributed by atoms with van der Waals surface area (Å²) in [4.78, 5) is 11.8. The summed E-state index contributed by atoms with van der Waals surface area (Å²) in [6.45, 7) is 4.20.